The van der Waals surface area contributed by atoms with Crippen LogP contribution in [0.5, 0.6) is 0 Å². The molecule has 2 rings (SSSR count). The van der Waals surface area contributed by atoms with E-state index >= 15 is 0 Å². The van der Waals surface area contributed by atoms with Gasteiger partial charge in [-0.1, -0.05) is 18.2 Å². The summed E-state index contributed by atoms with van der Waals surface area (Å²) in [5.41, 5.74) is -0.427. The Labute approximate surface area is 115 Å². The average molecular weight is 287 g/mol. The Morgan fingerprint density at radius 1 is 1.40 bits per heavy atom. The number of carbonyl (C=O) groups is 1. The molecule has 1 amide bonds. The van der Waals surface area contributed by atoms with Crippen LogP contribution in [0.2, 0.25) is 0 Å². The van der Waals surface area contributed by atoms with E-state index < -0.39 is 11.7 Å². The van der Waals surface area contributed by atoms with Crippen LogP contribution in [0.3, 0.4) is 0 Å². The molecule has 1 fully saturated rings. The minimum Gasteiger partial charge on any atom is -0.383 e. The molecule has 0 radical (unpaired) electrons. The summed E-state index contributed by atoms with van der Waals surface area (Å²) < 4.78 is 43.5. The molecule has 2 unspecified atom stereocenters. The zero-order valence-corrected chi connectivity index (χ0v) is 11.0. The van der Waals surface area contributed by atoms with Crippen LogP contribution in [-0.2, 0) is 15.7 Å². The maximum absolute atomic E-state index is 12.9. The van der Waals surface area contributed by atoms with E-state index in [1.54, 1.807) is 6.07 Å². The molecule has 0 heterocycles. The molecular weight excluding hydrogens is 271 g/mol. The molecule has 2 atom stereocenters. The number of benzene rings is 1. The molecule has 0 aliphatic heterocycles. The Morgan fingerprint density at radius 3 is 2.75 bits per heavy atom. The first-order valence-corrected chi connectivity index (χ1v) is 6.38. The van der Waals surface area contributed by atoms with Gasteiger partial charge >= 0.3 is 6.18 Å². The van der Waals surface area contributed by atoms with E-state index in [2.05, 4.69) is 5.32 Å². The molecule has 1 saturated carbocycles. The molecule has 0 bridgehead atoms. The van der Waals surface area contributed by atoms with Gasteiger partial charge in [0.2, 0.25) is 5.91 Å². The van der Waals surface area contributed by atoms with Crippen molar-refractivity contribution in [3.8, 4) is 0 Å². The quantitative estimate of drug-likeness (QED) is 0.845. The summed E-state index contributed by atoms with van der Waals surface area (Å²) in [6.07, 6.45) is -3.91. The molecule has 0 aromatic heterocycles. The fourth-order valence-corrected chi connectivity index (χ4v) is 2.31. The zero-order valence-electron chi connectivity index (χ0n) is 11.0. The number of methoxy groups -OCH3 is 1. The van der Waals surface area contributed by atoms with E-state index in [1.165, 1.54) is 19.2 Å². The third kappa shape index (κ3) is 3.30. The number of amides is 1. The van der Waals surface area contributed by atoms with Crippen molar-refractivity contribution in [1.82, 2.24) is 5.32 Å². The van der Waals surface area contributed by atoms with Crippen molar-refractivity contribution >= 4 is 5.91 Å². The fraction of sp³-hybridized carbons (Fsp3) is 0.500. The summed E-state index contributed by atoms with van der Waals surface area (Å²) in [6.45, 7) is 0.766. The maximum atomic E-state index is 12.9. The lowest BCUT2D eigenvalue weighted by atomic mass is 10.0. The summed E-state index contributed by atoms with van der Waals surface area (Å²) in [5.74, 6) is -0.908. The van der Waals surface area contributed by atoms with Gasteiger partial charge in [-0.15, -0.1) is 0 Å². The Kier molecular flexibility index (Phi) is 4.32. The van der Waals surface area contributed by atoms with Gasteiger partial charge < -0.3 is 10.1 Å². The molecule has 1 aliphatic carbocycles. The van der Waals surface area contributed by atoms with E-state index in [4.69, 9.17) is 4.74 Å². The number of rotatable bonds is 5. The second kappa shape index (κ2) is 5.83. The van der Waals surface area contributed by atoms with E-state index in [-0.39, 0.29) is 23.3 Å². The van der Waals surface area contributed by atoms with Crippen LogP contribution in [0.15, 0.2) is 24.3 Å². The number of hydrogen-bond donors (Lipinski definition) is 1. The van der Waals surface area contributed by atoms with Gasteiger partial charge in [0, 0.05) is 19.6 Å². The van der Waals surface area contributed by atoms with Crippen LogP contribution in [0.4, 0.5) is 13.2 Å². The molecule has 20 heavy (non-hydrogen) atoms. The normalized spacial score (nSPS) is 21.6. The zero-order chi connectivity index (χ0) is 14.8. The first-order chi connectivity index (χ1) is 9.45. The molecule has 1 aromatic rings. The first-order valence-electron chi connectivity index (χ1n) is 6.38. The van der Waals surface area contributed by atoms with Gasteiger partial charge in [-0.25, -0.2) is 0 Å². The second-order valence-corrected chi connectivity index (χ2v) is 4.82. The minimum atomic E-state index is -4.38. The third-order valence-corrected chi connectivity index (χ3v) is 3.40. The summed E-state index contributed by atoms with van der Waals surface area (Å²) in [5, 5.41) is 2.66. The Hall–Kier alpha value is -1.56. The highest BCUT2D eigenvalue weighted by Gasteiger charge is 2.47. The van der Waals surface area contributed by atoms with E-state index in [0.29, 0.717) is 19.6 Å². The highest BCUT2D eigenvalue weighted by molar-refractivity contribution is 5.83. The summed E-state index contributed by atoms with van der Waals surface area (Å²) in [7, 11) is 1.52. The first kappa shape index (κ1) is 14.8. The predicted octanol–water partition coefficient (Wildman–Crippen LogP) is 2.57. The second-order valence-electron chi connectivity index (χ2n) is 4.82. The van der Waals surface area contributed by atoms with Gasteiger partial charge in [-0.3, -0.25) is 4.79 Å². The number of alkyl halides is 3. The smallest absolute Gasteiger partial charge is 0.383 e. The Morgan fingerprint density at radius 2 is 2.10 bits per heavy atom. The van der Waals surface area contributed by atoms with Gasteiger partial charge in [-0.05, 0) is 24.0 Å². The lowest BCUT2D eigenvalue weighted by molar-refractivity contribution is -0.138. The van der Waals surface area contributed by atoms with Crippen LogP contribution in [0.1, 0.15) is 23.5 Å². The lowest BCUT2D eigenvalue weighted by Crippen LogP contribution is -2.28. The van der Waals surface area contributed by atoms with Crippen molar-refractivity contribution in [3.05, 3.63) is 35.4 Å². The molecule has 1 aromatic carbocycles. The fourth-order valence-electron chi connectivity index (χ4n) is 2.31. The molecule has 0 saturated heterocycles. The monoisotopic (exact) mass is 287 g/mol. The predicted molar refractivity (Wildman–Crippen MR) is 67.2 cm³/mol. The molecule has 1 aliphatic rings. The van der Waals surface area contributed by atoms with Crippen LogP contribution in [0.25, 0.3) is 0 Å². The van der Waals surface area contributed by atoms with Gasteiger partial charge in [0.25, 0.3) is 0 Å². The van der Waals surface area contributed by atoms with E-state index in [0.717, 1.165) is 6.07 Å². The summed E-state index contributed by atoms with van der Waals surface area (Å²) >= 11 is 0. The van der Waals surface area contributed by atoms with Gasteiger partial charge in [0.1, 0.15) is 0 Å². The standard InChI is InChI=1S/C14H16F3NO2/c1-20-7-6-18-13(19)11-8-10(11)9-4-2-3-5-12(9)14(15,16)17/h2-5,10-11H,6-8H2,1H3,(H,18,19). The van der Waals surface area contributed by atoms with Gasteiger partial charge in [-0.2, -0.15) is 13.2 Å². The Bertz CT molecular complexity index is 488. The SMILES string of the molecule is COCCNC(=O)C1CC1c1ccccc1C(F)(F)F. The van der Waals surface area contributed by atoms with E-state index in [1.807, 2.05) is 0 Å². The van der Waals surface area contributed by atoms with Crippen molar-refractivity contribution < 1.29 is 22.7 Å². The molecular formula is C14H16F3NO2. The van der Waals surface area contributed by atoms with Crippen LogP contribution in [0, 0.1) is 5.92 Å². The molecule has 110 valence electrons. The highest BCUT2D eigenvalue weighted by Crippen LogP contribution is 2.50. The lowest BCUT2D eigenvalue weighted by Gasteiger charge is -2.12. The topological polar surface area (TPSA) is 38.3 Å². The van der Waals surface area contributed by atoms with Gasteiger partial charge in [0.15, 0.2) is 0 Å². The van der Waals surface area contributed by atoms with Crippen molar-refractivity contribution in [1.29, 1.82) is 0 Å². The van der Waals surface area contributed by atoms with Crippen molar-refractivity contribution in [2.75, 3.05) is 20.3 Å². The van der Waals surface area contributed by atoms with E-state index in [9.17, 15) is 18.0 Å². The molecule has 3 nitrogen and oxygen atoms in total. The molecule has 6 heteroatoms. The van der Waals surface area contributed by atoms with Crippen molar-refractivity contribution in [2.45, 2.75) is 18.5 Å². The third-order valence-electron chi connectivity index (χ3n) is 3.40. The Balaban J connectivity index is 2.03. The largest absolute Gasteiger partial charge is 0.416 e. The highest BCUT2D eigenvalue weighted by atomic mass is 19.4. The molecule has 0 spiro atoms. The van der Waals surface area contributed by atoms with Gasteiger partial charge in [0.05, 0.1) is 12.2 Å². The number of carbonyl (C=O) groups excluding carboxylic acids is 1. The van der Waals surface area contributed by atoms with Crippen molar-refractivity contribution in [3.63, 3.8) is 0 Å². The summed E-state index contributed by atoms with van der Waals surface area (Å²) in [4.78, 5) is 11.8. The number of nitrogens with one attached hydrogen (secondary N) is 1. The number of halogens is 3. The summed E-state index contributed by atoms with van der Waals surface area (Å²) in [6, 6.07) is 5.45. The van der Waals surface area contributed by atoms with Crippen LogP contribution in [-0.4, -0.2) is 26.2 Å². The average Bonchev–Trinajstić information content (AvgIpc) is 3.18. The number of hydrogen-bond acceptors (Lipinski definition) is 2. The molecule has 1 N–H and O–H groups in total. The van der Waals surface area contributed by atoms with Crippen LogP contribution >= 0.6 is 0 Å². The van der Waals surface area contributed by atoms with Crippen molar-refractivity contribution in [2.24, 2.45) is 5.92 Å². The van der Waals surface area contributed by atoms with Crippen LogP contribution < -0.4 is 5.32 Å². The maximum Gasteiger partial charge on any atom is 0.416 e. The minimum absolute atomic E-state index is 0.205. The number of ether oxygens (including phenoxy) is 1.